The van der Waals surface area contributed by atoms with Crippen molar-refractivity contribution in [1.82, 2.24) is 4.90 Å². The molecule has 1 amide bonds. The fourth-order valence-corrected chi connectivity index (χ4v) is 2.43. The molecule has 0 aromatic heterocycles. The van der Waals surface area contributed by atoms with Crippen LogP contribution in [0.1, 0.15) is 0 Å². The molecule has 0 atom stereocenters. The lowest BCUT2D eigenvalue weighted by atomic mass is 10.3. The summed E-state index contributed by atoms with van der Waals surface area (Å²) >= 11 is 5.56. The molecule has 15 heavy (non-hydrogen) atoms. The summed E-state index contributed by atoms with van der Waals surface area (Å²) in [5.41, 5.74) is 0. The quantitative estimate of drug-likeness (QED) is 0.750. The minimum Gasteiger partial charge on any atom is -0.484 e. The third kappa shape index (κ3) is 4.38. The van der Waals surface area contributed by atoms with Gasteiger partial charge in [-0.2, -0.15) is 0 Å². The van der Waals surface area contributed by atoms with Crippen molar-refractivity contribution < 1.29 is 9.53 Å². The fraction of sp³-hybridized carbons (Fsp3) is 0.300. The average molecular weight is 384 g/mol. The second-order valence-electron chi connectivity index (χ2n) is 3.18. The Bertz CT molecular complexity index is 348. The van der Waals surface area contributed by atoms with Crippen LogP contribution >= 0.6 is 38.5 Å². The Balaban J connectivity index is 2.61. The highest BCUT2D eigenvalue weighted by Crippen LogP contribution is 2.22. The van der Waals surface area contributed by atoms with Gasteiger partial charge in [0.15, 0.2) is 6.61 Å². The summed E-state index contributed by atoms with van der Waals surface area (Å²) in [6.07, 6.45) is 0. The predicted octanol–water partition coefficient (Wildman–Crippen LogP) is 2.52. The maximum atomic E-state index is 11.3. The summed E-state index contributed by atoms with van der Waals surface area (Å²) in [5.74, 6) is 0.647. The van der Waals surface area contributed by atoms with E-state index >= 15 is 0 Å². The van der Waals surface area contributed by atoms with E-state index in [1.54, 1.807) is 14.1 Å². The van der Waals surface area contributed by atoms with Crippen molar-refractivity contribution in [2.24, 2.45) is 0 Å². The monoisotopic (exact) mass is 383 g/mol. The number of amides is 1. The molecule has 0 N–H and O–H groups in total. The van der Waals surface area contributed by atoms with Crippen LogP contribution in [0.15, 0.2) is 22.7 Å². The Morgan fingerprint density at radius 1 is 1.47 bits per heavy atom. The number of hydrogen-bond donors (Lipinski definition) is 0. The van der Waals surface area contributed by atoms with Gasteiger partial charge in [0, 0.05) is 22.1 Å². The third-order valence-electron chi connectivity index (χ3n) is 1.70. The first-order chi connectivity index (χ1) is 6.99. The lowest BCUT2D eigenvalue weighted by Gasteiger charge is -2.11. The zero-order valence-electron chi connectivity index (χ0n) is 8.46. The van der Waals surface area contributed by atoms with Crippen LogP contribution in [0, 0.1) is 3.57 Å². The van der Waals surface area contributed by atoms with Crippen molar-refractivity contribution in [2.75, 3.05) is 20.7 Å². The molecule has 0 saturated heterocycles. The number of benzene rings is 1. The smallest absolute Gasteiger partial charge is 0.259 e. The fourth-order valence-electron chi connectivity index (χ4n) is 0.886. The first kappa shape index (κ1) is 12.8. The summed E-state index contributed by atoms with van der Waals surface area (Å²) in [6.45, 7) is 0.0690. The van der Waals surface area contributed by atoms with Crippen molar-refractivity contribution in [3.63, 3.8) is 0 Å². The minimum atomic E-state index is -0.0509. The molecule has 0 unspecified atom stereocenters. The number of carbonyl (C=O) groups is 1. The number of rotatable bonds is 3. The lowest BCUT2D eigenvalue weighted by molar-refractivity contribution is -0.130. The molecule has 1 aromatic carbocycles. The highest BCUT2D eigenvalue weighted by Gasteiger charge is 2.05. The van der Waals surface area contributed by atoms with E-state index < -0.39 is 0 Å². The zero-order valence-corrected chi connectivity index (χ0v) is 12.2. The largest absolute Gasteiger partial charge is 0.484 e. The van der Waals surface area contributed by atoms with Gasteiger partial charge >= 0.3 is 0 Å². The van der Waals surface area contributed by atoms with Crippen molar-refractivity contribution in [3.05, 3.63) is 26.2 Å². The number of halogens is 2. The molecule has 82 valence electrons. The standard InChI is InChI=1S/C10H11BrINO2/c1-13(2)10(14)6-15-9-4-7(11)3-8(12)5-9/h3-5H,6H2,1-2H3. The number of ether oxygens (including phenoxy) is 1. The van der Waals surface area contributed by atoms with Gasteiger partial charge in [-0.05, 0) is 40.8 Å². The van der Waals surface area contributed by atoms with E-state index in [4.69, 9.17) is 4.74 Å². The first-order valence-electron chi connectivity index (χ1n) is 4.28. The number of hydrogen-bond acceptors (Lipinski definition) is 2. The number of carbonyl (C=O) groups excluding carboxylic acids is 1. The van der Waals surface area contributed by atoms with Crippen molar-refractivity contribution >= 4 is 44.4 Å². The normalized spacial score (nSPS) is 9.87. The third-order valence-corrected chi connectivity index (χ3v) is 2.78. The molecule has 0 radical (unpaired) electrons. The Morgan fingerprint density at radius 3 is 2.67 bits per heavy atom. The van der Waals surface area contributed by atoms with Crippen LogP contribution in [0.5, 0.6) is 5.75 Å². The molecule has 0 aliphatic rings. The highest BCUT2D eigenvalue weighted by atomic mass is 127. The van der Waals surface area contributed by atoms with Crippen LogP contribution in [-0.2, 0) is 4.79 Å². The molecule has 3 nitrogen and oxygen atoms in total. The molecule has 0 aliphatic carbocycles. The van der Waals surface area contributed by atoms with Crippen LogP contribution in [0.25, 0.3) is 0 Å². The van der Waals surface area contributed by atoms with E-state index in [9.17, 15) is 4.79 Å². The molecule has 0 saturated carbocycles. The van der Waals surface area contributed by atoms with E-state index in [0.29, 0.717) is 5.75 Å². The summed E-state index contributed by atoms with van der Waals surface area (Å²) in [6, 6.07) is 5.69. The second-order valence-corrected chi connectivity index (χ2v) is 5.34. The Labute approximate surface area is 111 Å². The molecule has 0 aliphatic heterocycles. The summed E-state index contributed by atoms with van der Waals surface area (Å²) < 4.78 is 7.37. The minimum absolute atomic E-state index is 0.0509. The molecule has 0 bridgehead atoms. The Kier molecular flexibility index (Phi) is 4.85. The molecule has 1 rings (SSSR count). The van der Waals surface area contributed by atoms with Crippen LogP contribution in [-0.4, -0.2) is 31.5 Å². The van der Waals surface area contributed by atoms with E-state index in [1.165, 1.54) is 4.90 Å². The van der Waals surface area contributed by atoms with E-state index in [-0.39, 0.29) is 12.5 Å². The molecule has 5 heteroatoms. The van der Waals surface area contributed by atoms with Gasteiger partial charge in [-0.25, -0.2) is 0 Å². The first-order valence-corrected chi connectivity index (χ1v) is 6.15. The molecular formula is C10H11BrINO2. The predicted molar refractivity (Wildman–Crippen MR) is 71.0 cm³/mol. The number of nitrogens with zero attached hydrogens (tertiary/aromatic N) is 1. The van der Waals surface area contributed by atoms with Gasteiger partial charge in [-0.15, -0.1) is 0 Å². The zero-order chi connectivity index (χ0) is 11.4. The van der Waals surface area contributed by atoms with Gasteiger partial charge in [-0.3, -0.25) is 4.79 Å². The van der Waals surface area contributed by atoms with E-state index in [0.717, 1.165) is 8.04 Å². The number of likely N-dealkylation sites (N-methyl/N-ethyl adjacent to an activating group) is 1. The topological polar surface area (TPSA) is 29.5 Å². The Hall–Kier alpha value is -0.300. The second kappa shape index (κ2) is 5.69. The van der Waals surface area contributed by atoms with Crippen LogP contribution in [0.3, 0.4) is 0 Å². The van der Waals surface area contributed by atoms with Gasteiger partial charge in [0.1, 0.15) is 5.75 Å². The van der Waals surface area contributed by atoms with Crippen molar-refractivity contribution in [2.45, 2.75) is 0 Å². The lowest BCUT2D eigenvalue weighted by Crippen LogP contribution is -2.27. The van der Waals surface area contributed by atoms with Gasteiger partial charge in [-0.1, -0.05) is 15.9 Å². The van der Waals surface area contributed by atoms with Gasteiger partial charge in [0.2, 0.25) is 0 Å². The summed E-state index contributed by atoms with van der Waals surface area (Å²) in [4.78, 5) is 12.8. The maximum Gasteiger partial charge on any atom is 0.259 e. The SMILES string of the molecule is CN(C)C(=O)COc1cc(Br)cc(I)c1. The highest BCUT2D eigenvalue weighted by molar-refractivity contribution is 14.1. The van der Waals surface area contributed by atoms with Crippen molar-refractivity contribution in [1.29, 1.82) is 0 Å². The Morgan fingerprint density at radius 2 is 2.13 bits per heavy atom. The van der Waals surface area contributed by atoms with E-state index in [2.05, 4.69) is 38.5 Å². The van der Waals surface area contributed by atoms with E-state index in [1.807, 2.05) is 18.2 Å². The molecular weight excluding hydrogens is 373 g/mol. The van der Waals surface area contributed by atoms with Gasteiger partial charge in [0.25, 0.3) is 5.91 Å². The molecule has 0 heterocycles. The summed E-state index contributed by atoms with van der Waals surface area (Å²) in [5, 5.41) is 0. The maximum absolute atomic E-state index is 11.3. The average Bonchev–Trinajstić information content (AvgIpc) is 2.12. The molecule has 0 spiro atoms. The summed E-state index contributed by atoms with van der Waals surface area (Å²) in [7, 11) is 3.41. The van der Waals surface area contributed by atoms with Gasteiger partial charge in [0.05, 0.1) is 0 Å². The van der Waals surface area contributed by atoms with Crippen molar-refractivity contribution in [3.8, 4) is 5.75 Å². The van der Waals surface area contributed by atoms with Crippen LogP contribution < -0.4 is 4.74 Å². The molecule has 1 aromatic rings. The molecule has 0 fully saturated rings. The van der Waals surface area contributed by atoms with Gasteiger partial charge < -0.3 is 9.64 Å². The van der Waals surface area contributed by atoms with Crippen LogP contribution in [0.2, 0.25) is 0 Å². The van der Waals surface area contributed by atoms with Crippen LogP contribution in [0.4, 0.5) is 0 Å².